The average Bonchev–Trinajstić information content (AvgIpc) is 3.19. The molecule has 2 N–H and O–H groups in total. The standard InChI is InChI=1S/C17H32N4OS.HI/c1-18-16(19-13-17(22)6-10-23-14-17)21-9-5-15(12-21)11-20-7-3-2-4-8-20;/h15,22H,2-14H2,1H3,(H,18,19);1H. The first kappa shape index (κ1) is 20.6. The molecule has 2 atom stereocenters. The number of aliphatic imine (C=N–C) groups is 1. The lowest BCUT2D eigenvalue weighted by Gasteiger charge is -2.29. The third-order valence-corrected chi connectivity index (χ3v) is 6.65. The highest BCUT2D eigenvalue weighted by Gasteiger charge is 2.33. The molecule has 3 heterocycles. The molecule has 0 radical (unpaired) electrons. The number of hydrogen-bond donors (Lipinski definition) is 2. The number of nitrogens with one attached hydrogen (secondary N) is 1. The fourth-order valence-electron chi connectivity index (χ4n) is 3.99. The van der Waals surface area contributed by atoms with Gasteiger partial charge in [-0.25, -0.2) is 0 Å². The van der Waals surface area contributed by atoms with Crippen molar-refractivity contribution in [2.24, 2.45) is 10.9 Å². The topological polar surface area (TPSA) is 51.1 Å². The first-order chi connectivity index (χ1) is 11.2. The molecule has 3 saturated heterocycles. The lowest BCUT2D eigenvalue weighted by atomic mass is 10.0. The molecule has 2 unspecified atom stereocenters. The van der Waals surface area contributed by atoms with Crippen LogP contribution >= 0.6 is 35.7 Å². The number of thioether (sulfide) groups is 1. The van der Waals surface area contributed by atoms with Gasteiger partial charge in [0.05, 0.1) is 5.60 Å². The van der Waals surface area contributed by atoms with Crippen molar-refractivity contribution in [1.82, 2.24) is 15.1 Å². The molecule has 3 aliphatic heterocycles. The van der Waals surface area contributed by atoms with Crippen LogP contribution in [-0.2, 0) is 0 Å². The van der Waals surface area contributed by atoms with E-state index in [1.165, 1.54) is 45.3 Å². The molecular weight excluding hydrogens is 435 g/mol. The highest BCUT2D eigenvalue weighted by atomic mass is 127. The van der Waals surface area contributed by atoms with Gasteiger partial charge in [0, 0.05) is 39.0 Å². The second kappa shape index (κ2) is 9.83. The Morgan fingerprint density at radius 1 is 1.29 bits per heavy atom. The lowest BCUT2D eigenvalue weighted by Crippen LogP contribution is -2.48. The SMILES string of the molecule is CN=C(NCC1(O)CCSC1)N1CCC(CN2CCCCC2)C1.I. The Bertz CT molecular complexity index is 411. The van der Waals surface area contributed by atoms with Crippen LogP contribution in [0.15, 0.2) is 4.99 Å². The van der Waals surface area contributed by atoms with E-state index in [2.05, 4.69) is 20.1 Å². The van der Waals surface area contributed by atoms with E-state index in [9.17, 15) is 5.11 Å². The van der Waals surface area contributed by atoms with Crippen LogP contribution in [0.25, 0.3) is 0 Å². The van der Waals surface area contributed by atoms with Crippen LogP contribution in [-0.4, -0.2) is 84.3 Å². The van der Waals surface area contributed by atoms with Crippen molar-refractivity contribution in [3.05, 3.63) is 0 Å². The van der Waals surface area contributed by atoms with E-state index in [0.29, 0.717) is 6.54 Å². The Hall–Kier alpha value is 0.270. The van der Waals surface area contributed by atoms with Crippen LogP contribution < -0.4 is 5.32 Å². The van der Waals surface area contributed by atoms with Crippen molar-refractivity contribution >= 4 is 41.7 Å². The van der Waals surface area contributed by atoms with Gasteiger partial charge in [-0.05, 0) is 50.4 Å². The minimum absolute atomic E-state index is 0. The van der Waals surface area contributed by atoms with Gasteiger partial charge in [-0.15, -0.1) is 24.0 Å². The maximum Gasteiger partial charge on any atom is 0.193 e. The predicted molar refractivity (Wildman–Crippen MR) is 114 cm³/mol. The first-order valence-electron chi connectivity index (χ1n) is 9.17. The van der Waals surface area contributed by atoms with E-state index >= 15 is 0 Å². The monoisotopic (exact) mass is 468 g/mol. The van der Waals surface area contributed by atoms with E-state index in [1.54, 1.807) is 0 Å². The molecule has 3 aliphatic rings. The fourth-order valence-corrected chi connectivity index (χ4v) is 5.29. The number of nitrogens with zero attached hydrogens (tertiary/aromatic N) is 3. The van der Waals surface area contributed by atoms with Crippen molar-refractivity contribution in [2.75, 3.05) is 57.8 Å². The van der Waals surface area contributed by atoms with Gasteiger partial charge < -0.3 is 20.2 Å². The van der Waals surface area contributed by atoms with Crippen LogP contribution in [0.3, 0.4) is 0 Å². The highest BCUT2D eigenvalue weighted by molar-refractivity contribution is 14.0. The minimum atomic E-state index is -0.548. The summed E-state index contributed by atoms with van der Waals surface area (Å²) in [6, 6.07) is 0. The molecule has 0 amide bonds. The van der Waals surface area contributed by atoms with E-state index in [4.69, 9.17) is 0 Å². The number of rotatable bonds is 4. The lowest BCUT2D eigenvalue weighted by molar-refractivity contribution is 0.0718. The Labute approximate surface area is 168 Å². The summed E-state index contributed by atoms with van der Waals surface area (Å²) in [4.78, 5) is 9.46. The van der Waals surface area contributed by atoms with Gasteiger partial charge in [-0.1, -0.05) is 6.42 Å². The summed E-state index contributed by atoms with van der Waals surface area (Å²) in [5.41, 5.74) is -0.548. The van der Waals surface area contributed by atoms with Gasteiger partial charge in [-0.3, -0.25) is 4.99 Å². The van der Waals surface area contributed by atoms with Crippen LogP contribution in [0.2, 0.25) is 0 Å². The van der Waals surface area contributed by atoms with Gasteiger partial charge in [0.15, 0.2) is 5.96 Å². The molecular formula is C17H33IN4OS. The Morgan fingerprint density at radius 2 is 2.08 bits per heavy atom. The zero-order chi connectivity index (χ0) is 16.1. The van der Waals surface area contributed by atoms with Gasteiger partial charge in [0.25, 0.3) is 0 Å². The number of piperidine rings is 1. The van der Waals surface area contributed by atoms with E-state index in [-0.39, 0.29) is 24.0 Å². The smallest absolute Gasteiger partial charge is 0.193 e. The number of hydrogen-bond acceptors (Lipinski definition) is 4. The van der Waals surface area contributed by atoms with Crippen molar-refractivity contribution in [3.63, 3.8) is 0 Å². The van der Waals surface area contributed by atoms with Crippen LogP contribution in [0, 0.1) is 5.92 Å². The van der Waals surface area contributed by atoms with E-state index in [1.807, 2.05) is 18.8 Å². The summed E-state index contributed by atoms with van der Waals surface area (Å²) in [5.74, 6) is 3.64. The Balaban J connectivity index is 0.00000208. The number of halogens is 1. The first-order valence-corrected chi connectivity index (χ1v) is 10.3. The quantitative estimate of drug-likeness (QED) is 0.375. The van der Waals surface area contributed by atoms with Crippen molar-refractivity contribution in [3.8, 4) is 0 Å². The second-order valence-electron chi connectivity index (χ2n) is 7.39. The third-order valence-electron chi connectivity index (χ3n) is 5.42. The molecule has 0 aliphatic carbocycles. The summed E-state index contributed by atoms with van der Waals surface area (Å²) in [5, 5.41) is 13.9. The van der Waals surface area contributed by atoms with Crippen LogP contribution in [0.1, 0.15) is 32.1 Å². The van der Waals surface area contributed by atoms with Gasteiger partial charge in [0.2, 0.25) is 0 Å². The molecule has 0 aromatic heterocycles. The van der Waals surface area contributed by atoms with Gasteiger partial charge in [-0.2, -0.15) is 11.8 Å². The van der Waals surface area contributed by atoms with E-state index < -0.39 is 5.60 Å². The van der Waals surface area contributed by atoms with Crippen molar-refractivity contribution in [2.45, 2.75) is 37.7 Å². The van der Waals surface area contributed by atoms with Gasteiger partial charge in [0.1, 0.15) is 0 Å². The molecule has 3 rings (SSSR count). The number of guanidine groups is 1. The van der Waals surface area contributed by atoms with E-state index in [0.717, 1.165) is 42.9 Å². The fraction of sp³-hybridized carbons (Fsp3) is 0.941. The van der Waals surface area contributed by atoms with Crippen molar-refractivity contribution in [1.29, 1.82) is 0 Å². The molecule has 0 saturated carbocycles. The van der Waals surface area contributed by atoms with Crippen molar-refractivity contribution < 1.29 is 5.11 Å². The largest absolute Gasteiger partial charge is 0.387 e. The summed E-state index contributed by atoms with van der Waals surface area (Å²) >= 11 is 1.84. The number of likely N-dealkylation sites (tertiary alicyclic amines) is 2. The zero-order valence-corrected chi connectivity index (χ0v) is 18.0. The highest BCUT2D eigenvalue weighted by Crippen LogP contribution is 2.27. The van der Waals surface area contributed by atoms with Gasteiger partial charge >= 0.3 is 0 Å². The normalized spacial score (nSPS) is 32.0. The molecule has 24 heavy (non-hydrogen) atoms. The third kappa shape index (κ3) is 5.64. The minimum Gasteiger partial charge on any atom is -0.387 e. The Morgan fingerprint density at radius 3 is 2.75 bits per heavy atom. The number of aliphatic hydroxyl groups is 1. The molecule has 140 valence electrons. The maximum absolute atomic E-state index is 10.5. The zero-order valence-electron chi connectivity index (χ0n) is 14.9. The summed E-state index contributed by atoms with van der Waals surface area (Å²) in [6.45, 7) is 6.63. The molecule has 0 bridgehead atoms. The Kier molecular flexibility index (Phi) is 8.43. The predicted octanol–water partition coefficient (Wildman–Crippen LogP) is 1.86. The molecule has 0 spiro atoms. The summed E-state index contributed by atoms with van der Waals surface area (Å²) < 4.78 is 0. The molecule has 5 nitrogen and oxygen atoms in total. The summed E-state index contributed by atoms with van der Waals surface area (Å²) in [7, 11) is 1.85. The molecule has 0 aromatic rings. The molecule has 3 fully saturated rings. The maximum atomic E-state index is 10.5. The van der Waals surface area contributed by atoms with Crippen LogP contribution in [0.5, 0.6) is 0 Å². The molecule has 7 heteroatoms. The second-order valence-corrected chi connectivity index (χ2v) is 8.49. The summed E-state index contributed by atoms with van der Waals surface area (Å²) in [6.07, 6.45) is 6.30. The van der Waals surface area contributed by atoms with Crippen LogP contribution in [0.4, 0.5) is 0 Å². The molecule has 0 aromatic carbocycles. The average molecular weight is 468 g/mol.